The Balaban J connectivity index is 2.87. The minimum atomic E-state index is -4.72. The number of hydrogen-bond acceptors (Lipinski definition) is 5. The molecule has 0 aliphatic heterocycles. The number of hydrogen-bond donors (Lipinski definition) is 6. The Kier molecular flexibility index (Phi) is 6.49. The summed E-state index contributed by atoms with van der Waals surface area (Å²) in [7, 11) is -9.43. The fourth-order valence-electron chi connectivity index (χ4n) is 1.84. The number of nitrogens with zero attached hydrogens (tertiary/aromatic N) is 1. The van der Waals surface area contributed by atoms with Gasteiger partial charge < -0.3 is 35.3 Å². The molecule has 0 saturated carbocycles. The summed E-state index contributed by atoms with van der Waals surface area (Å²) in [5, 5.41) is 9.16. The number of carbonyl (C=O) groups excluding carboxylic acids is 1. The molecule has 7 N–H and O–H groups in total. The lowest BCUT2D eigenvalue weighted by molar-refractivity contribution is -0.131. The van der Waals surface area contributed by atoms with Crippen molar-refractivity contribution in [3.8, 4) is 5.75 Å². The van der Waals surface area contributed by atoms with Crippen molar-refractivity contribution in [1.29, 1.82) is 0 Å². The smallest absolute Gasteiger partial charge is 0.344 e. The first-order chi connectivity index (χ1) is 10.4. The van der Waals surface area contributed by atoms with Gasteiger partial charge in [0.1, 0.15) is 18.3 Å². The van der Waals surface area contributed by atoms with E-state index in [-0.39, 0.29) is 12.2 Å². The molecule has 0 spiro atoms. The van der Waals surface area contributed by atoms with Crippen LogP contribution in [0, 0.1) is 0 Å². The molecule has 12 heteroatoms. The molecule has 0 aliphatic carbocycles. The molecule has 0 aliphatic rings. The third-order valence-electron chi connectivity index (χ3n) is 2.73. The van der Waals surface area contributed by atoms with Crippen LogP contribution in [0.4, 0.5) is 0 Å². The van der Waals surface area contributed by atoms with Gasteiger partial charge in [-0.25, -0.2) is 0 Å². The van der Waals surface area contributed by atoms with Crippen LogP contribution in [0.1, 0.15) is 5.56 Å². The molecular formula is C11H18N2O8P2. The highest BCUT2D eigenvalue weighted by Gasteiger charge is 2.32. The number of phenolic OH excluding ortho intramolecular Hbond substituents is 1. The Morgan fingerprint density at radius 2 is 1.48 bits per heavy atom. The van der Waals surface area contributed by atoms with E-state index in [1.807, 2.05) is 0 Å². The molecule has 10 nitrogen and oxygen atoms in total. The number of benzene rings is 1. The first-order valence-electron chi connectivity index (χ1n) is 6.29. The molecule has 130 valence electrons. The van der Waals surface area contributed by atoms with E-state index in [0.29, 0.717) is 10.5 Å². The van der Waals surface area contributed by atoms with Crippen LogP contribution in [0.5, 0.6) is 5.75 Å². The van der Waals surface area contributed by atoms with Crippen molar-refractivity contribution in [2.24, 2.45) is 5.73 Å². The van der Waals surface area contributed by atoms with Gasteiger partial charge in [0, 0.05) is 0 Å². The maximum absolute atomic E-state index is 12.1. The monoisotopic (exact) mass is 368 g/mol. The fourth-order valence-corrected chi connectivity index (χ4v) is 3.36. The molecule has 1 rings (SSSR count). The van der Waals surface area contributed by atoms with Crippen LogP contribution in [0.3, 0.4) is 0 Å². The van der Waals surface area contributed by atoms with Crippen LogP contribution < -0.4 is 5.73 Å². The van der Waals surface area contributed by atoms with Gasteiger partial charge in [0.05, 0.1) is 6.04 Å². The fraction of sp³-hybridized carbons (Fsp3) is 0.364. The second kappa shape index (κ2) is 7.55. The van der Waals surface area contributed by atoms with Crippen LogP contribution in [-0.2, 0) is 20.3 Å². The number of aromatic hydroxyl groups is 1. The lowest BCUT2D eigenvalue weighted by Gasteiger charge is -2.26. The molecule has 1 aromatic carbocycles. The van der Waals surface area contributed by atoms with Crippen molar-refractivity contribution in [1.82, 2.24) is 4.90 Å². The van der Waals surface area contributed by atoms with Crippen LogP contribution in [0.2, 0.25) is 0 Å². The highest BCUT2D eigenvalue weighted by molar-refractivity contribution is 7.52. The lowest BCUT2D eigenvalue weighted by atomic mass is 10.1. The maximum Gasteiger partial charge on any atom is 0.344 e. The summed E-state index contributed by atoms with van der Waals surface area (Å²) in [6.45, 7) is 0. The van der Waals surface area contributed by atoms with E-state index in [2.05, 4.69) is 0 Å². The Hall–Kier alpha value is -1.25. The summed E-state index contributed by atoms with van der Waals surface area (Å²) in [5.74, 6) is -0.983. The van der Waals surface area contributed by atoms with E-state index < -0.39 is 39.7 Å². The van der Waals surface area contributed by atoms with E-state index in [1.54, 1.807) is 0 Å². The largest absolute Gasteiger partial charge is 0.508 e. The molecule has 23 heavy (non-hydrogen) atoms. The summed E-state index contributed by atoms with van der Waals surface area (Å²) >= 11 is 0. The van der Waals surface area contributed by atoms with Crippen molar-refractivity contribution in [2.45, 2.75) is 12.5 Å². The predicted octanol–water partition coefficient (Wildman–Crippen LogP) is -0.639. The number of carbonyl (C=O) groups is 1. The van der Waals surface area contributed by atoms with Crippen molar-refractivity contribution >= 4 is 21.1 Å². The second-order valence-electron chi connectivity index (χ2n) is 4.97. The van der Waals surface area contributed by atoms with Gasteiger partial charge in [-0.3, -0.25) is 13.9 Å². The molecule has 1 amide bonds. The molecule has 1 atom stereocenters. The van der Waals surface area contributed by atoms with Gasteiger partial charge in [0.2, 0.25) is 5.91 Å². The number of amides is 1. The first kappa shape index (κ1) is 19.8. The normalized spacial score (nSPS) is 13.6. The minimum Gasteiger partial charge on any atom is -0.508 e. The summed E-state index contributed by atoms with van der Waals surface area (Å²) in [6.07, 6.45) is -2.31. The van der Waals surface area contributed by atoms with Gasteiger partial charge in [0.25, 0.3) is 0 Å². The van der Waals surface area contributed by atoms with Crippen molar-refractivity contribution < 1.29 is 38.6 Å². The highest BCUT2D eigenvalue weighted by Crippen LogP contribution is 2.41. The van der Waals surface area contributed by atoms with Gasteiger partial charge in [0.15, 0.2) is 0 Å². The Morgan fingerprint density at radius 3 is 1.87 bits per heavy atom. The zero-order valence-electron chi connectivity index (χ0n) is 11.9. The zero-order chi connectivity index (χ0) is 17.8. The minimum absolute atomic E-state index is 0.0123. The van der Waals surface area contributed by atoms with E-state index in [9.17, 15) is 13.9 Å². The van der Waals surface area contributed by atoms with Gasteiger partial charge in [-0.1, -0.05) is 12.1 Å². The molecule has 1 aromatic rings. The van der Waals surface area contributed by atoms with Crippen LogP contribution in [0.25, 0.3) is 0 Å². The summed E-state index contributed by atoms with van der Waals surface area (Å²) < 4.78 is 22.1. The zero-order valence-corrected chi connectivity index (χ0v) is 13.7. The quantitative estimate of drug-likeness (QED) is 0.341. The molecular weight excluding hydrogens is 350 g/mol. The van der Waals surface area contributed by atoms with Crippen LogP contribution >= 0.6 is 15.2 Å². The highest BCUT2D eigenvalue weighted by atomic mass is 31.2. The molecule has 0 aromatic heterocycles. The predicted molar refractivity (Wildman–Crippen MR) is 80.5 cm³/mol. The van der Waals surface area contributed by atoms with Crippen LogP contribution in [0.15, 0.2) is 24.3 Å². The number of nitrogens with two attached hydrogens (primary N) is 1. The first-order valence-corrected chi connectivity index (χ1v) is 9.88. The Labute approximate surface area is 131 Å². The molecule has 0 fully saturated rings. The van der Waals surface area contributed by atoms with Crippen molar-refractivity contribution in [2.75, 3.05) is 12.6 Å². The van der Waals surface area contributed by atoms with Crippen LogP contribution in [-0.4, -0.2) is 54.1 Å². The van der Waals surface area contributed by atoms with Gasteiger partial charge in [-0.15, -0.1) is 0 Å². The Morgan fingerprint density at radius 1 is 1.04 bits per heavy atom. The Bertz CT molecular complexity index is 614. The second-order valence-corrected chi connectivity index (χ2v) is 8.19. The lowest BCUT2D eigenvalue weighted by Crippen LogP contribution is -2.45. The molecule has 0 radical (unpaired) electrons. The molecule has 0 unspecified atom stereocenters. The third-order valence-corrected chi connectivity index (χ3v) is 4.15. The summed E-state index contributed by atoms with van der Waals surface area (Å²) in [6, 6.07) is 4.49. The summed E-state index contributed by atoms with van der Waals surface area (Å²) in [5.41, 5.74) is 6.23. The van der Waals surface area contributed by atoms with E-state index in [0.717, 1.165) is 0 Å². The summed E-state index contributed by atoms with van der Waals surface area (Å²) in [4.78, 5) is 48.2. The third kappa shape index (κ3) is 7.71. The van der Waals surface area contributed by atoms with Gasteiger partial charge >= 0.3 is 15.2 Å². The van der Waals surface area contributed by atoms with E-state index in [4.69, 9.17) is 30.4 Å². The molecule has 0 bridgehead atoms. The number of rotatable bonds is 7. The molecule has 0 saturated heterocycles. The topological polar surface area (TPSA) is 182 Å². The standard InChI is InChI=1S/C11H18N2O8P2/c12-10(5-8-1-3-9(14)4-2-8)11(15)13(6-22(16,17)18)7-23(19,20)21/h1-4,10,14H,5-7,12H2,(H2,16,17,18)(H2,19,20,21)/t10-/m0/s1. The van der Waals surface area contributed by atoms with E-state index in [1.165, 1.54) is 24.3 Å². The van der Waals surface area contributed by atoms with E-state index >= 15 is 0 Å². The number of phenols is 1. The molecule has 0 heterocycles. The average molecular weight is 368 g/mol. The van der Waals surface area contributed by atoms with Gasteiger partial charge in [-0.05, 0) is 24.1 Å². The SMILES string of the molecule is N[C@@H](Cc1ccc(O)cc1)C(=O)N(CP(=O)(O)O)CP(=O)(O)O. The average Bonchev–Trinajstić information content (AvgIpc) is 2.36. The van der Waals surface area contributed by atoms with Gasteiger partial charge in [-0.2, -0.15) is 0 Å². The maximum atomic E-state index is 12.1. The van der Waals surface area contributed by atoms with Crippen molar-refractivity contribution in [3.05, 3.63) is 29.8 Å². The van der Waals surface area contributed by atoms with Crippen molar-refractivity contribution in [3.63, 3.8) is 0 Å².